The second-order valence-corrected chi connectivity index (χ2v) is 9.67. The van der Waals surface area contributed by atoms with Gasteiger partial charge in [0.2, 0.25) is 0 Å². The molecular weight excluding hydrogens is 560 g/mol. The SMILES string of the molecule is [2H][2H].[2H][2H].[2H][2H].[2H][2H].[Cu].c1ccc2c(c1)-c1nc-2nc2[n-]c(nc3nc(nc4[n-]c(n1)c1ccccc41)-c1ccccc1-3)c1ccccc21. The van der Waals surface area contributed by atoms with E-state index in [1.165, 1.54) is 0 Å². The smallest absolute Gasteiger partial charge is 0.0927 e. The van der Waals surface area contributed by atoms with E-state index < -0.39 is 0 Å². The molecule has 41 heavy (non-hydrogen) atoms. The molecule has 0 N–H and O–H groups in total. The van der Waals surface area contributed by atoms with Crippen molar-refractivity contribution in [2.24, 2.45) is 0 Å². The van der Waals surface area contributed by atoms with E-state index >= 15 is 0 Å². The Morgan fingerprint density at radius 3 is 0.878 bits per heavy atom. The van der Waals surface area contributed by atoms with E-state index in [4.69, 9.17) is 51.8 Å². The summed E-state index contributed by atoms with van der Waals surface area (Å²) in [6.45, 7) is 0. The zero-order valence-electron chi connectivity index (χ0n) is 29.1. The molecule has 2 aliphatic rings. The summed E-state index contributed by atoms with van der Waals surface area (Å²) in [4.78, 5) is 39.3. The third-order valence-corrected chi connectivity index (χ3v) is 7.33. The predicted molar refractivity (Wildman–Crippen MR) is 162 cm³/mol. The van der Waals surface area contributed by atoms with Crippen LogP contribution in [0.2, 0.25) is 0 Å². The molecule has 0 unspecified atom stereocenters. The van der Waals surface area contributed by atoms with Crippen molar-refractivity contribution in [2.75, 3.05) is 0 Å². The maximum absolute atomic E-state index is 5.00. The fourth-order valence-corrected chi connectivity index (χ4v) is 5.46. The maximum Gasteiger partial charge on any atom is 0.0927 e. The number of rotatable bonds is 0. The van der Waals surface area contributed by atoms with Crippen molar-refractivity contribution in [2.45, 2.75) is 0 Å². The van der Waals surface area contributed by atoms with Gasteiger partial charge in [-0.3, -0.25) is 0 Å². The van der Waals surface area contributed by atoms with Crippen molar-refractivity contribution in [3.05, 3.63) is 97.1 Å². The Labute approximate surface area is 255 Å². The summed E-state index contributed by atoms with van der Waals surface area (Å²) in [6.07, 6.45) is 0. The standard InChI is InChI=1S/C32H16N8.Cu.4H2/c1-2-10-18-17(9-1)25-33-26(18)38-28-21-13-5-6-14-22(21)30(35-28)40-32-24-16-8-7-15-23(24)31(36-32)39-29-20-12-4-3-11-19(20)27(34-29)37-25;;;;;/h1-16H;;4*1H/q-2;;;;;/i;;4*1+1D. The first-order valence-electron chi connectivity index (χ1n) is 16.9. The van der Waals surface area contributed by atoms with Gasteiger partial charge in [0.1, 0.15) is 0 Å². The zero-order valence-corrected chi connectivity index (χ0v) is 22.1. The Hall–Kier alpha value is -5.24. The van der Waals surface area contributed by atoms with Crippen molar-refractivity contribution >= 4 is 44.1 Å². The first-order valence-corrected chi connectivity index (χ1v) is 12.9. The molecule has 1 radical (unpaired) electrons. The molecular formula is C32H24CuN8-2. The molecule has 0 atom stereocenters. The van der Waals surface area contributed by atoms with Gasteiger partial charge in [0.15, 0.2) is 0 Å². The average molecular weight is 592 g/mol. The van der Waals surface area contributed by atoms with E-state index in [2.05, 4.69) is 0 Å². The number of hydrogen-bond donors (Lipinski definition) is 0. The van der Waals surface area contributed by atoms with Crippen molar-refractivity contribution in [3.8, 4) is 45.6 Å². The minimum Gasteiger partial charge on any atom is -0.357 e. The summed E-state index contributed by atoms with van der Waals surface area (Å²) >= 11 is 0. The molecule has 205 valence electrons. The molecule has 5 heterocycles. The van der Waals surface area contributed by atoms with Crippen LogP contribution in [0, 0.1) is 0 Å². The zero-order chi connectivity index (χ0) is 34.2. The van der Waals surface area contributed by atoms with Crippen molar-refractivity contribution < 1.29 is 28.9 Å². The van der Waals surface area contributed by atoms with Gasteiger partial charge in [0.05, 0.1) is 23.3 Å². The Kier molecular flexibility index (Phi) is 4.28. The molecule has 8 nitrogen and oxygen atoms in total. The van der Waals surface area contributed by atoms with Crippen LogP contribution in [0.15, 0.2) is 97.1 Å². The van der Waals surface area contributed by atoms with Crippen LogP contribution in [0.5, 0.6) is 0 Å². The van der Waals surface area contributed by atoms with Gasteiger partial charge in [-0.25, -0.2) is 9.97 Å². The Morgan fingerprint density at radius 2 is 0.610 bits per heavy atom. The monoisotopic (exact) mass is 591 g/mol. The van der Waals surface area contributed by atoms with Gasteiger partial charge in [0, 0.05) is 73.8 Å². The van der Waals surface area contributed by atoms with Crippen LogP contribution < -0.4 is 9.97 Å². The average Bonchev–Trinajstić information content (AvgIpc) is 3.91. The predicted octanol–water partition coefficient (Wildman–Crippen LogP) is 7.11. The fraction of sp³-hybridized carbons (Fsp3) is 0. The van der Waals surface area contributed by atoms with Crippen molar-refractivity contribution in [1.82, 2.24) is 39.9 Å². The second-order valence-electron chi connectivity index (χ2n) is 9.67. The molecule has 2 aliphatic heterocycles. The number of aromatic nitrogens is 8. The molecule has 7 aromatic rings. The molecule has 9 heteroatoms. The normalized spacial score (nSPS) is 12.5. The maximum atomic E-state index is 5.00. The first-order chi connectivity index (χ1) is 23.8. The summed E-state index contributed by atoms with van der Waals surface area (Å²) in [5.74, 6) is 2.21. The van der Waals surface area contributed by atoms with Gasteiger partial charge in [-0.2, -0.15) is 0 Å². The van der Waals surface area contributed by atoms with Crippen molar-refractivity contribution in [1.29, 1.82) is 0 Å². The number of nitrogens with zero attached hydrogens (tertiary/aromatic N) is 8. The molecule has 0 spiro atoms. The minimum absolute atomic E-state index is 0. The van der Waals surface area contributed by atoms with Crippen LogP contribution in [-0.4, -0.2) is 29.9 Å². The third kappa shape index (κ3) is 3.53. The van der Waals surface area contributed by atoms with E-state index in [0.29, 0.717) is 45.9 Å². The largest absolute Gasteiger partial charge is 0.357 e. The molecule has 4 aromatic carbocycles. The molecule has 9 rings (SSSR count). The summed E-state index contributed by atoms with van der Waals surface area (Å²) in [5, 5.41) is 3.57. The quantitative estimate of drug-likeness (QED) is 0.172. The minimum atomic E-state index is 0. The molecule has 8 bridgehead atoms. The topological polar surface area (TPSA) is 106 Å². The van der Waals surface area contributed by atoms with Gasteiger partial charge in [0.25, 0.3) is 0 Å². The van der Waals surface area contributed by atoms with Gasteiger partial charge >= 0.3 is 0 Å². The molecule has 0 amide bonds. The van der Waals surface area contributed by atoms with Crippen LogP contribution in [0.25, 0.3) is 89.7 Å². The van der Waals surface area contributed by atoms with E-state index in [-0.39, 0.29) is 17.1 Å². The van der Waals surface area contributed by atoms with E-state index in [9.17, 15) is 0 Å². The molecule has 0 aliphatic carbocycles. The summed E-state index contributed by atoms with van der Waals surface area (Å²) in [5.41, 5.74) is 5.78. The molecule has 0 saturated carbocycles. The number of hydrogen-bond acceptors (Lipinski definition) is 6. The van der Waals surface area contributed by atoms with Gasteiger partial charge in [-0.1, -0.05) is 97.1 Å². The molecule has 3 aromatic heterocycles. The van der Waals surface area contributed by atoms with Gasteiger partial charge in [-0.15, -0.1) is 0 Å². The van der Waals surface area contributed by atoms with Crippen LogP contribution in [0.3, 0.4) is 0 Å². The summed E-state index contributed by atoms with van der Waals surface area (Å²) < 4.78 is 40.0. The summed E-state index contributed by atoms with van der Waals surface area (Å²) in [7, 11) is 0. The van der Waals surface area contributed by atoms with Gasteiger partial charge < -0.3 is 29.9 Å². The second kappa shape index (κ2) is 8.89. The number of benzene rings is 4. The third-order valence-electron chi connectivity index (χ3n) is 7.33. The Morgan fingerprint density at radius 1 is 0.366 bits per heavy atom. The van der Waals surface area contributed by atoms with Gasteiger partial charge in [-0.05, 0) is 21.5 Å². The number of fused-ring (bicyclic) bond motifs is 20. The van der Waals surface area contributed by atoms with Crippen LogP contribution >= 0.6 is 0 Å². The van der Waals surface area contributed by atoms with Crippen LogP contribution in [0.1, 0.15) is 11.9 Å². The first kappa shape index (κ1) is 19.8. The molecule has 0 saturated heterocycles. The fourth-order valence-electron chi connectivity index (χ4n) is 5.46. The van der Waals surface area contributed by atoms with E-state index in [0.717, 1.165) is 43.8 Å². The molecule has 0 fully saturated rings. The van der Waals surface area contributed by atoms with Crippen LogP contribution in [0.4, 0.5) is 0 Å². The van der Waals surface area contributed by atoms with Crippen molar-refractivity contribution in [3.63, 3.8) is 0 Å². The Balaban J connectivity index is 0.000000564. The van der Waals surface area contributed by atoms with E-state index in [1.807, 2.05) is 97.1 Å². The van der Waals surface area contributed by atoms with E-state index in [1.54, 1.807) is 0 Å². The Bertz CT molecular complexity index is 2070. The van der Waals surface area contributed by atoms with Crippen LogP contribution in [-0.2, 0) is 17.1 Å². The summed E-state index contributed by atoms with van der Waals surface area (Å²) in [6, 6.07) is 31.8.